The lowest BCUT2D eigenvalue weighted by Crippen LogP contribution is -2.55. The van der Waals surface area contributed by atoms with Gasteiger partial charge < -0.3 is 0 Å². The summed E-state index contributed by atoms with van der Waals surface area (Å²) in [5.74, 6) is -0.632. The van der Waals surface area contributed by atoms with E-state index in [-0.39, 0.29) is 11.6 Å². The van der Waals surface area contributed by atoms with Crippen LogP contribution < -0.4 is 10.4 Å². The summed E-state index contributed by atoms with van der Waals surface area (Å²) in [5, 5.41) is 3.34. The molecule has 3 aromatic heterocycles. The Bertz CT molecular complexity index is 2980. The lowest BCUT2D eigenvalue weighted by Gasteiger charge is -2.31. The van der Waals surface area contributed by atoms with Gasteiger partial charge in [-0.25, -0.2) is 18.7 Å². The van der Waals surface area contributed by atoms with Crippen LogP contribution in [-0.2, 0) is 0 Å². The number of rotatable bonds is 19. The minimum absolute atomic E-state index is 0.316. The molecule has 4 heterocycles. The highest BCUT2D eigenvalue weighted by atomic mass is 32.1. The summed E-state index contributed by atoms with van der Waals surface area (Å²) in [4.78, 5) is 15.8. The number of unbranched alkanes of at least 4 members (excludes halogenated alkanes) is 10. The molecule has 0 bridgehead atoms. The monoisotopic (exact) mass is 942 g/mol. The van der Waals surface area contributed by atoms with E-state index in [1.54, 1.807) is 46.0 Å². The zero-order valence-electron chi connectivity index (χ0n) is 40.3. The minimum atomic E-state index is -2.09. The first-order valence-electron chi connectivity index (χ1n) is 24.9. The van der Waals surface area contributed by atoms with Crippen LogP contribution in [0.5, 0.6) is 0 Å². The second kappa shape index (κ2) is 20.6. The summed E-state index contributed by atoms with van der Waals surface area (Å²) in [6, 6.07) is 39.4. The molecule has 0 amide bonds. The number of hydrogen-bond donors (Lipinski definition) is 0. The van der Waals surface area contributed by atoms with E-state index in [1.165, 1.54) is 157 Å². The van der Waals surface area contributed by atoms with Gasteiger partial charge in [0, 0.05) is 41.8 Å². The van der Waals surface area contributed by atoms with E-state index in [0.29, 0.717) is 11.4 Å². The minimum Gasteiger partial charge on any atom is -0.243 e. The third-order valence-corrected chi connectivity index (χ3v) is 22.2. The average molecular weight is 943 g/mol. The summed E-state index contributed by atoms with van der Waals surface area (Å²) >= 11 is 3.61. The fourth-order valence-electron chi connectivity index (χ4n) is 10.6. The first-order chi connectivity index (χ1) is 32.6. The number of nitrogens with zero attached hydrogens (tertiary/aromatic N) is 2. The predicted octanol–water partition coefficient (Wildman–Crippen LogP) is 17.9. The SMILES string of the molecule is CCCCCCCC[Si]1(CCCCCCCC)c2cc(C)ccc2-c2ccc(-c3sc(-c4ccc(-c5cc(C)c(C)s5)c5nc(-c6ccc(F)cc6)c(-c6ccc(F)cc6)nc45)cc3C)cc21. The standard InChI is InChI=1S/C60H64F2N2S2Si/c1-7-9-11-13-15-17-33-67(34-18-16-14-12-10-8-2)54-35-39(3)19-29-48(54)49-30-24-45(38-55(49)67)60-41(5)37-53(66-60)51-32-31-50(52-36-40(4)42(6)65-52)58-59(51)64-57(44-22-27-47(62)28-23-44)56(63-58)43-20-25-46(61)26-21-43/h19-32,35-38H,7-18,33-34H2,1-6H3. The van der Waals surface area contributed by atoms with Gasteiger partial charge in [0.1, 0.15) is 19.7 Å². The fourth-order valence-corrected chi connectivity index (χ4v) is 18.6. The molecule has 0 unspecified atom stereocenters. The van der Waals surface area contributed by atoms with Crippen molar-refractivity contribution in [1.82, 2.24) is 9.97 Å². The van der Waals surface area contributed by atoms with Crippen molar-refractivity contribution in [3.8, 4) is 65.0 Å². The first-order valence-corrected chi connectivity index (χ1v) is 28.9. The summed E-state index contributed by atoms with van der Waals surface area (Å²) in [7, 11) is -2.09. The van der Waals surface area contributed by atoms with Crippen molar-refractivity contribution in [1.29, 1.82) is 0 Å². The number of hydrogen-bond acceptors (Lipinski definition) is 4. The molecule has 0 fully saturated rings. The van der Waals surface area contributed by atoms with Gasteiger partial charge in [-0.05, 0) is 139 Å². The Kier molecular flexibility index (Phi) is 14.5. The molecular weight excluding hydrogens is 879 g/mol. The Labute approximate surface area is 406 Å². The van der Waals surface area contributed by atoms with Gasteiger partial charge in [-0.1, -0.05) is 145 Å². The van der Waals surface area contributed by atoms with E-state index in [1.807, 2.05) is 11.3 Å². The molecule has 67 heavy (non-hydrogen) atoms. The molecule has 2 nitrogen and oxygen atoms in total. The van der Waals surface area contributed by atoms with Crippen molar-refractivity contribution in [2.24, 2.45) is 0 Å². The van der Waals surface area contributed by atoms with E-state index < -0.39 is 8.07 Å². The van der Waals surface area contributed by atoms with Crippen LogP contribution in [0.25, 0.3) is 76.0 Å². The Morgan fingerprint density at radius 3 is 1.42 bits per heavy atom. The van der Waals surface area contributed by atoms with E-state index in [2.05, 4.69) is 102 Å². The molecule has 0 aliphatic carbocycles. The molecule has 7 heteroatoms. The lowest BCUT2D eigenvalue weighted by molar-refractivity contribution is 0.616. The smallest absolute Gasteiger partial charge is 0.123 e. The molecule has 0 N–H and O–H groups in total. The van der Waals surface area contributed by atoms with Gasteiger partial charge in [0.05, 0.1) is 22.4 Å². The van der Waals surface area contributed by atoms with Gasteiger partial charge in [-0.3, -0.25) is 0 Å². The van der Waals surface area contributed by atoms with E-state index in [0.717, 1.165) is 43.0 Å². The van der Waals surface area contributed by atoms with Gasteiger partial charge in [-0.2, -0.15) is 0 Å². The summed E-state index contributed by atoms with van der Waals surface area (Å²) in [6.45, 7) is 13.5. The average Bonchev–Trinajstić information content (AvgIpc) is 3.97. The highest BCUT2D eigenvalue weighted by Gasteiger charge is 2.44. The predicted molar refractivity (Wildman–Crippen MR) is 288 cm³/mol. The Morgan fingerprint density at radius 2 is 0.896 bits per heavy atom. The number of halogens is 2. The van der Waals surface area contributed by atoms with Crippen LogP contribution in [0.15, 0.2) is 109 Å². The van der Waals surface area contributed by atoms with Crippen LogP contribution in [0.2, 0.25) is 12.1 Å². The molecule has 0 saturated carbocycles. The molecule has 0 radical (unpaired) electrons. The molecule has 9 rings (SSSR count). The lowest BCUT2D eigenvalue weighted by atomic mass is 10.00. The molecule has 0 spiro atoms. The van der Waals surface area contributed by atoms with Crippen LogP contribution in [0.3, 0.4) is 0 Å². The zero-order valence-corrected chi connectivity index (χ0v) is 42.9. The normalized spacial score (nSPS) is 12.8. The maximum Gasteiger partial charge on any atom is 0.123 e. The van der Waals surface area contributed by atoms with Gasteiger partial charge in [-0.15, -0.1) is 22.7 Å². The van der Waals surface area contributed by atoms with Crippen LogP contribution in [0.1, 0.15) is 112 Å². The van der Waals surface area contributed by atoms with E-state index in [4.69, 9.17) is 9.97 Å². The molecular formula is C60H64F2N2S2Si. The van der Waals surface area contributed by atoms with Crippen molar-refractivity contribution in [2.75, 3.05) is 0 Å². The van der Waals surface area contributed by atoms with Gasteiger partial charge >= 0.3 is 0 Å². The Morgan fingerprint density at radius 1 is 0.448 bits per heavy atom. The number of benzene rings is 5. The first kappa shape index (κ1) is 47.0. The fraction of sp³-hybridized carbons (Fsp3) is 0.333. The van der Waals surface area contributed by atoms with Crippen LogP contribution >= 0.6 is 22.7 Å². The van der Waals surface area contributed by atoms with Gasteiger partial charge in [0.2, 0.25) is 0 Å². The molecule has 0 saturated heterocycles. The third kappa shape index (κ3) is 9.66. The largest absolute Gasteiger partial charge is 0.243 e. The number of aromatic nitrogens is 2. The molecule has 344 valence electrons. The van der Waals surface area contributed by atoms with E-state index in [9.17, 15) is 8.78 Å². The van der Waals surface area contributed by atoms with Gasteiger partial charge in [0.25, 0.3) is 0 Å². The topological polar surface area (TPSA) is 25.8 Å². The highest BCUT2D eigenvalue weighted by Crippen LogP contribution is 2.46. The van der Waals surface area contributed by atoms with Crippen molar-refractivity contribution >= 4 is 52.2 Å². The Balaban J connectivity index is 1.18. The third-order valence-electron chi connectivity index (χ3n) is 14.4. The van der Waals surface area contributed by atoms with Crippen LogP contribution in [0.4, 0.5) is 8.78 Å². The quantitative estimate of drug-likeness (QED) is 0.0596. The number of thiophene rings is 2. The second-order valence-corrected chi connectivity index (χ2v) is 25.7. The molecule has 0 atom stereocenters. The van der Waals surface area contributed by atoms with Crippen LogP contribution in [0, 0.1) is 39.3 Å². The van der Waals surface area contributed by atoms with Crippen molar-refractivity contribution in [2.45, 2.75) is 131 Å². The number of aryl methyl sites for hydroxylation is 4. The summed E-state index contributed by atoms with van der Waals surface area (Å²) < 4.78 is 28.8. The zero-order chi connectivity index (χ0) is 46.7. The number of fused-ring (bicyclic) bond motifs is 4. The summed E-state index contributed by atoms with van der Waals surface area (Å²) in [5.41, 5.74) is 14.5. The second-order valence-electron chi connectivity index (χ2n) is 19.2. The molecule has 1 aliphatic rings. The molecule has 1 aliphatic heterocycles. The maximum absolute atomic E-state index is 14.4. The van der Waals surface area contributed by atoms with Crippen molar-refractivity contribution in [3.05, 3.63) is 142 Å². The van der Waals surface area contributed by atoms with E-state index >= 15 is 0 Å². The summed E-state index contributed by atoms with van der Waals surface area (Å²) in [6.07, 6.45) is 15.9. The Hall–Kier alpha value is -5.08. The maximum atomic E-state index is 14.4. The van der Waals surface area contributed by atoms with Crippen LogP contribution in [-0.4, -0.2) is 18.0 Å². The molecule has 5 aromatic carbocycles. The van der Waals surface area contributed by atoms with Crippen molar-refractivity contribution < 1.29 is 8.78 Å². The van der Waals surface area contributed by atoms with Crippen molar-refractivity contribution in [3.63, 3.8) is 0 Å². The highest BCUT2D eigenvalue weighted by molar-refractivity contribution is 7.19. The van der Waals surface area contributed by atoms with Gasteiger partial charge in [0.15, 0.2) is 0 Å². The molecule has 8 aromatic rings.